The SMILES string of the molecule is CCN(C(=O)c1ccc(Cl)c(Cl)c1)c1cccc(C)c1. The van der Waals surface area contributed by atoms with E-state index in [-0.39, 0.29) is 5.91 Å². The summed E-state index contributed by atoms with van der Waals surface area (Å²) in [5.74, 6) is -0.0864. The number of amides is 1. The Morgan fingerprint density at radius 3 is 2.45 bits per heavy atom. The van der Waals surface area contributed by atoms with Gasteiger partial charge in [0.15, 0.2) is 0 Å². The van der Waals surface area contributed by atoms with E-state index in [9.17, 15) is 4.79 Å². The number of hydrogen-bond acceptors (Lipinski definition) is 1. The quantitative estimate of drug-likeness (QED) is 0.784. The first-order chi connectivity index (χ1) is 9.52. The third-order valence-corrected chi connectivity index (χ3v) is 3.78. The van der Waals surface area contributed by atoms with Crippen molar-refractivity contribution in [1.29, 1.82) is 0 Å². The number of halogens is 2. The first-order valence-corrected chi connectivity index (χ1v) is 7.12. The Labute approximate surface area is 128 Å². The molecule has 0 bridgehead atoms. The van der Waals surface area contributed by atoms with E-state index in [1.807, 2.05) is 38.1 Å². The van der Waals surface area contributed by atoms with Crippen LogP contribution in [0.15, 0.2) is 42.5 Å². The molecule has 0 heterocycles. The van der Waals surface area contributed by atoms with Gasteiger partial charge < -0.3 is 4.90 Å². The maximum Gasteiger partial charge on any atom is 0.258 e. The van der Waals surface area contributed by atoms with Crippen LogP contribution in [-0.2, 0) is 0 Å². The van der Waals surface area contributed by atoms with Crippen molar-refractivity contribution in [2.75, 3.05) is 11.4 Å². The predicted octanol–water partition coefficient (Wildman–Crippen LogP) is 4.97. The van der Waals surface area contributed by atoms with E-state index in [2.05, 4.69) is 0 Å². The summed E-state index contributed by atoms with van der Waals surface area (Å²) in [5, 5.41) is 0.833. The zero-order chi connectivity index (χ0) is 14.7. The number of rotatable bonds is 3. The third kappa shape index (κ3) is 3.14. The molecule has 20 heavy (non-hydrogen) atoms. The Morgan fingerprint density at radius 2 is 1.85 bits per heavy atom. The van der Waals surface area contributed by atoms with Gasteiger partial charge in [0.25, 0.3) is 5.91 Å². The molecule has 0 unspecified atom stereocenters. The van der Waals surface area contributed by atoms with Crippen LogP contribution in [0.5, 0.6) is 0 Å². The molecule has 1 amide bonds. The van der Waals surface area contributed by atoms with Crippen LogP contribution in [0.2, 0.25) is 10.0 Å². The van der Waals surface area contributed by atoms with Crippen LogP contribution < -0.4 is 4.90 Å². The summed E-state index contributed by atoms with van der Waals surface area (Å²) in [7, 11) is 0. The van der Waals surface area contributed by atoms with Gasteiger partial charge in [-0.25, -0.2) is 0 Å². The number of hydrogen-bond donors (Lipinski definition) is 0. The van der Waals surface area contributed by atoms with Crippen LogP contribution in [0.4, 0.5) is 5.69 Å². The van der Waals surface area contributed by atoms with Crippen molar-refractivity contribution in [1.82, 2.24) is 0 Å². The fourth-order valence-corrected chi connectivity index (χ4v) is 2.32. The molecule has 0 aromatic heterocycles. The number of carbonyl (C=O) groups excluding carboxylic acids is 1. The van der Waals surface area contributed by atoms with E-state index in [1.165, 1.54) is 0 Å². The predicted molar refractivity (Wildman–Crippen MR) is 85.0 cm³/mol. The fraction of sp³-hybridized carbons (Fsp3) is 0.188. The van der Waals surface area contributed by atoms with Gasteiger partial charge in [0.1, 0.15) is 0 Å². The van der Waals surface area contributed by atoms with Gasteiger partial charge in [-0.1, -0.05) is 35.3 Å². The van der Waals surface area contributed by atoms with Crippen molar-refractivity contribution >= 4 is 34.8 Å². The van der Waals surface area contributed by atoms with Crippen molar-refractivity contribution in [2.24, 2.45) is 0 Å². The van der Waals surface area contributed by atoms with E-state index in [0.717, 1.165) is 11.3 Å². The molecule has 0 saturated carbocycles. The lowest BCUT2D eigenvalue weighted by Gasteiger charge is -2.21. The van der Waals surface area contributed by atoms with E-state index >= 15 is 0 Å². The summed E-state index contributed by atoms with van der Waals surface area (Å²) >= 11 is 11.9. The average Bonchev–Trinajstić information content (AvgIpc) is 2.42. The highest BCUT2D eigenvalue weighted by atomic mass is 35.5. The monoisotopic (exact) mass is 307 g/mol. The molecular weight excluding hydrogens is 293 g/mol. The smallest absolute Gasteiger partial charge is 0.258 e. The van der Waals surface area contributed by atoms with E-state index in [0.29, 0.717) is 22.2 Å². The minimum Gasteiger partial charge on any atom is -0.309 e. The fourth-order valence-electron chi connectivity index (χ4n) is 2.02. The topological polar surface area (TPSA) is 20.3 Å². The third-order valence-electron chi connectivity index (χ3n) is 3.04. The number of carbonyl (C=O) groups is 1. The highest BCUT2D eigenvalue weighted by Gasteiger charge is 2.17. The van der Waals surface area contributed by atoms with Crippen molar-refractivity contribution in [3.8, 4) is 0 Å². The first-order valence-electron chi connectivity index (χ1n) is 6.36. The number of anilines is 1. The summed E-state index contributed by atoms with van der Waals surface area (Å²) < 4.78 is 0. The maximum atomic E-state index is 12.6. The molecule has 0 radical (unpaired) electrons. The number of benzene rings is 2. The molecule has 0 aliphatic carbocycles. The second-order valence-corrected chi connectivity index (χ2v) is 5.33. The second-order valence-electron chi connectivity index (χ2n) is 4.52. The Kier molecular flexibility index (Phi) is 4.69. The lowest BCUT2D eigenvalue weighted by molar-refractivity contribution is 0.0988. The van der Waals surface area contributed by atoms with Gasteiger partial charge in [-0.3, -0.25) is 4.79 Å². The van der Waals surface area contributed by atoms with E-state index in [4.69, 9.17) is 23.2 Å². The number of aryl methyl sites for hydroxylation is 1. The first kappa shape index (κ1) is 14.9. The Hall–Kier alpha value is -1.51. The Balaban J connectivity index is 2.36. The van der Waals surface area contributed by atoms with Gasteiger partial charge in [-0.2, -0.15) is 0 Å². The van der Waals surface area contributed by atoms with Gasteiger partial charge in [0.2, 0.25) is 0 Å². The standard InChI is InChI=1S/C16H15Cl2NO/c1-3-19(13-6-4-5-11(2)9-13)16(20)12-7-8-14(17)15(18)10-12/h4-10H,3H2,1-2H3. The summed E-state index contributed by atoms with van der Waals surface area (Å²) in [6.07, 6.45) is 0. The molecule has 4 heteroatoms. The second kappa shape index (κ2) is 6.29. The van der Waals surface area contributed by atoms with Gasteiger partial charge in [0.05, 0.1) is 10.0 Å². The Bertz CT molecular complexity index is 640. The van der Waals surface area contributed by atoms with Crippen LogP contribution in [0, 0.1) is 6.92 Å². The highest BCUT2D eigenvalue weighted by Crippen LogP contribution is 2.25. The van der Waals surface area contributed by atoms with Crippen LogP contribution >= 0.6 is 23.2 Å². The zero-order valence-electron chi connectivity index (χ0n) is 11.4. The molecule has 0 saturated heterocycles. The normalized spacial score (nSPS) is 10.4. The molecule has 104 valence electrons. The van der Waals surface area contributed by atoms with Crippen LogP contribution in [0.1, 0.15) is 22.8 Å². The maximum absolute atomic E-state index is 12.6. The molecule has 0 atom stereocenters. The largest absolute Gasteiger partial charge is 0.309 e. The van der Waals surface area contributed by atoms with Gasteiger partial charge in [-0.15, -0.1) is 0 Å². The molecular formula is C16H15Cl2NO. The average molecular weight is 308 g/mol. The zero-order valence-corrected chi connectivity index (χ0v) is 12.9. The van der Waals surface area contributed by atoms with E-state index < -0.39 is 0 Å². The van der Waals surface area contributed by atoms with E-state index in [1.54, 1.807) is 23.1 Å². The molecule has 0 aliphatic heterocycles. The number of nitrogens with zero attached hydrogens (tertiary/aromatic N) is 1. The van der Waals surface area contributed by atoms with Crippen molar-refractivity contribution in [3.05, 3.63) is 63.6 Å². The summed E-state index contributed by atoms with van der Waals surface area (Å²) in [4.78, 5) is 14.3. The molecule has 2 rings (SSSR count). The van der Waals surface area contributed by atoms with Gasteiger partial charge in [-0.05, 0) is 49.7 Å². The minimum atomic E-state index is -0.0864. The molecule has 2 aromatic rings. The van der Waals surface area contributed by atoms with Crippen molar-refractivity contribution < 1.29 is 4.79 Å². The lowest BCUT2D eigenvalue weighted by Crippen LogP contribution is -2.30. The van der Waals surface area contributed by atoms with Crippen LogP contribution in [0.25, 0.3) is 0 Å². The highest BCUT2D eigenvalue weighted by molar-refractivity contribution is 6.42. The summed E-state index contributed by atoms with van der Waals surface area (Å²) in [5.41, 5.74) is 2.52. The Morgan fingerprint density at radius 1 is 1.10 bits per heavy atom. The lowest BCUT2D eigenvalue weighted by atomic mass is 10.1. The molecule has 0 fully saturated rings. The minimum absolute atomic E-state index is 0.0864. The summed E-state index contributed by atoms with van der Waals surface area (Å²) in [6.45, 7) is 4.53. The molecule has 2 aromatic carbocycles. The van der Waals surface area contributed by atoms with Crippen LogP contribution in [0.3, 0.4) is 0 Å². The van der Waals surface area contributed by atoms with Crippen molar-refractivity contribution in [3.63, 3.8) is 0 Å². The molecule has 2 nitrogen and oxygen atoms in total. The van der Waals surface area contributed by atoms with Gasteiger partial charge >= 0.3 is 0 Å². The molecule has 0 aliphatic rings. The van der Waals surface area contributed by atoms with Crippen molar-refractivity contribution in [2.45, 2.75) is 13.8 Å². The van der Waals surface area contributed by atoms with Gasteiger partial charge in [0, 0.05) is 17.8 Å². The van der Waals surface area contributed by atoms with Crippen LogP contribution in [-0.4, -0.2) is 12.5 Å². The molecule has 0 N–H and O–H groups in total. The molecule has 0 spiro atoms. The summed E-state index contributed by atoms with van der Waals surface area (Å²) in [6, 6.07) is 12.8.